The minimum absolute atomic E-state index is 0.184. The van der Waals surface area contributed by atoms with E-state index in [-0.39, 0.29) is 33.8 Å². The monoisotopic (exact) mass is 305 g/mol. The van der Waals surface area contributed by atoms with E-state index >= 15 is 0 Å². The number of benzene rings is 1. The molecule has 2 rings (SSSR count). The molecule has 1 aromatic carbocycles. The predicted molar refractivity (Wildman–Crippen MR) is 76.7 cm³/mol. The van der Waals surface area contributed by atoms with Crippen molar-refractivity contribution in [2.24, 2.45) is 5.92 Å². The molecule has 1 heterocycles. The van der Waals surface area contributed by atoms with Gasteiger partial charge in [-0.1, -0.05) is 25.4 Å². The smallest absolute Gasteiger partial charge is 0.292 e. The molecule has 0 atom stereocenters. The Balaban J connectivity index is 2.57. The molecule has 0 aliphatic heterocycles. The Hall–Kier alpha value is -2.18. The Labute approximate surface area is 125 Å². The van der Waals surface area contributed by atoms with Gasteiger partial charge in [-0.15, -0.1) is 0 Å². The van der Waals surface area contributed by atoms with Crippen molar-refractivity contribution in [1.82, 2.24) is 4.98 Å². The molecule has 0 amide bonds. The average molecular weight is 305 g/mol. The van der Waals surface area contributed by atoms with Crippen molar-refractivity contribution in [3.05, 3.63) is 35.5 Å². The number of rotatable bonds is 3. The third-order valence-corrected chi connectivity index (χ3v) is 3.19. The summed E-state index contributed by atoms with van der Waals surface area (Å²) < 4.78 is 37.5. The molecule has 7 heteroatoms. The lowest BCUT2D eigenvalue weighted by Gasteiger charge is -2.11. The van der Waals surface area contributed by atoms with Gasteiger partial charge in [-0.3, -0.25) is 9.59 Å². The molecule has 0 saturated heterocycles. The fraction of sp³-hybridized carbons (Fsp3) is 0.267. The molecule has 3 nitrogen and oxygen atoms in total. The van der Waals surface area contributed by atoms with Crippen LogP contribution in [0.2, 0.25) is 0 Å². The minimum Gasteiger partial charge on any atom is -0.292 e. The largest absolute Gasteiger partial charge is 0.454 e. The highest BCUT2D eigenvalue weighted by Gasteiger charge is 2.40. The number of alkyl halides is 3. The zero-order valence-electron chi connectivity index (χ0n) is 11.9. The first-order valence-electron chi connectivity index (χ1n) is 6.48. The van der Waals surface area contributed by atoms with Crippen LogP contribution in [0.25, 0.3) is 10.9 Å². The van der Waals surface area contributed by atoms with Crippen LogP contribution in [0.3, 0.4) is 0 Å². The summed E-state index contributed by atoms with van der Waals surface area (Å²) in [5.41, 5.74) is -0.444. The van der Waals surface area contributed by atoms with Crippen LogP contribution in [0.4, 0.5) is 13.2 Å². The van der Waals surface area contributed by atoms with Crippen molar-refractivity contribution in [3.63, 3.8) is 0 Å². The van der Waals surface area contributed by atoms with Crippen LogP contribution in [0.5, 0.6) is 0 Å². The highest BCUT2D eigenvalue weighted by molar-refractivity contribution is 6.42. The van der Waals surface area contributed by atoms with E-state index in [1.54, 1.807) is 13.8 Å². The van der Waals surface area contributed by atoms with E-state index in [9.17, 15) is 22.8 Å². The van der Waals surface area contributed by atoms with Gasteiger partial charge in [0.05, 0.1) is 5.52 Å². The highest BCUT2D eigenvalue weighted by Crippen LogP contribution is 2.22. The van der Waals surface area contributed by atoms with Crippen LogP contribution in [0.1, 0.15) is 34.7 Å². The van der Waals surface area contributed by atoms with Gasteiger partial charge in [-0.05, 0) is 23.6 Å². The molecule has 0 aliphatic carbocycles. The molecule has 0 bridgehead atoms. The second kappa shape index (κ2) is 5.55. The topological polar surface area (TPSA) is 47.0 Å². The molecule has 2 aromatic rings. The van der Waals surface area contributed by atoms with Gasteiger partial charge in [0, 0.05) is 11.5 Å². The average Bonchev–Trinajstić information content (AvgIpc) is 2.44. The van der Waals surface area contributed by atoms with E-state index < -0.39 is 17.5 Å². The number of nitrogens with zero attached hydrogens (tertiary/aromatic N) is 1. The zero-order valence-corrected chi connectivity index (χ0v) is 11.9. The Kier molecular flexibility index (Phi) is 4.09. The Morgan fingerprint density at radius 2 is 1.77 bits per heavy atom. The summed E-state index contributed by atoms with van der Waals surface area (Å²) in [6.45, 7) is 3.43. The number of pyridine rings is 1. The van der Waals surface area contributed by atoms with Crippen molar-refractivity contribution in [3.8, 4) is 0 Å². The fourth-order valence-corrected chi connectivity index (χ4v) is 2.01. The molecule has 1 aromatic heterocycles. The number of halogens is 3. The Morgan fingerprint density at radius 1 is 1.14 bits per heavy atom. The Bertz CT molecular complexity index is 769. The fourth-order valence-electron chi connectivity index (χ4n) is 2.01. The third kappa shape index (κ3) is 2.88. The summed E-state index contributed by atoms with van der Waals surface area (Å²) in [6.07, 6.45) is -5.00. The number of fused-ring (bicyclic) bond motifs is 1. The summed E-state index contributed by atoms with van der Waals surface area (Å²) in [5.74, 6) is -2.45. The number of Topliss-reactive ketones (excluding diaryl/α,β-unsaturated/α-hetero) is 2. The summed E-state index contributed by atoms with van der Waals surface area (Å²) in [4.78, 5) is 27.3. The molecule has 0 spiro atoms. The maximum absolute atomic E-state index is 12.5. The van der Waals surface area contributed by atoms with Crippen molar-refractivity contribution in [2.45, 2.75) is 20.0 Å². The standard InChI is InChI=1S/C15H11BF3NO2/c1-7(2)13(21)11-6-3-8-10(20-11)5-4-9(12(8)16)14(22)15(17,18)19/h3-7H,1-2H3. The number of carbonyl (C=O) groups excluding carboxylic acids is 2. The van der Waals surface area contributed by atoms with Gasteiger partial charge in [-0.2, -0.15) is 13.2 Å². The summed E-state index contributed by atoms with van der Waals surface area (Å²) in [5, 5.41) is 0.204. The molecule has 0 unspecified atom stereocenters. The quantitative estimate of drug-likeness (QED) is 0.647. The third-order valence-electron chi connectivity index (χ3n) is 3.19. The van der Waals surface area contributed by atoms with Crippen LogP contribution in [-0.2, 0) is 0 Å². The summed E-state index contributed by atoms with van der Waals surface area (Å²) in [7, 11) is 5.66. The van der Waals surface area contributed by atoms with Gasteiger partial charge in [-0.25, -0.2) is 4.98 Å². The lowest BCUT2D eigenvalue weighted by atomic mass is 9.84. The van der Waals surface area contributed by atoms with E-state index in [0.717, 1.165) is 6.07 Å². The molecule has 0 N–H and O–H groups in total. The number of ketones is 2. The van der Waals surface area contributed by atoms with Gasteiger partial charge in [0.1, 0.15) is 13.5 Å². The molecule has 0 aliphatic rings. The first kappa shape index (κ1) is 16.2. The van der Waals surface area contributed by atoms with Gasteiger partial charge >= 0.3 is 6.18 Å². The van der Waals surface area contributed by atoms with E-state index in [1.165, 1.54) is 18.2 Å². The molecule has 112 valence electrons. The zero-order chi connectivity index (χ0) is 16.7. The Morgan fingerprint density at radius 3 is 2.32 bits per heavy atom. The van der Waals surface area contributed by atoms with E-state index in [0.29, 0.717) is 0 Å². The SMILES string of the molecule is [B]c1c(C(=O)C(F)(F)F)ccc2nc(C(=O)C(C)C)ccc12. The second-order valence-electron chi connectivity index (χ2n) is 5.14. The maximum Gasteiger partial charge on any atom is 0.454 e. The molecule has 0 saturated carbocycles. The van der Waals surface area contributed by atoms with Crippen LogP contribution < -0.4 is 5.46 Å². The van der Waals surface area contributed by atoms with Gasteiger partial charge in [0.2, 0.25) is 0 Å². The minimum atomic E-state index is -5.00. The van der Waals surface area contributed by atoms with Gasteiger partial charge in [0.25, 0.3) is 5.78 Å². The van der Waals surface area contributed by atoms with Gasteiger partial charge in [0.15, 0.2) is 5.78 Å². The number of carbonyl (C=O) groups is 2. The molecular formula is C15H11BF3NO2. The lowest BCUT2D eigenvalue weighted by Crippen LogP contribution is -2.29. The van der Waals surface area contributed by atoms with Crippen LogP contribution in [0, 0.1) is 5.92 Å². The number of hydrogen-bond acceptors (Lipinski definition) is 3. The second-order valence-corrected chi connectivity index (χ2v) is 5.14. The summed E-state index contributed by atoms with van der Waals surface area (Å²) in [6, 6.07) is 5.02. The molecular weight excluding hydrogens is 294 g/mol. The normalized spacial score (nSPS) is 11.9. The maximum atomic E-state index is 12.5. The van der Waals surface area contributed by atoms with Crippen molar-refractivity contribution in [1.29, 1.82) is 0 Å². The number of aromatic nitrogens is 1. The predicted octanol–water partition coefficient (Wildman–Crippen LogP) is 2.61. The first-order valence-corrected chi connectivity index (χ1v) is 6.48. The van der Waals surface area contributed by atoms with Crippen LogP contribution in [-0.4, -0.2) is 30.6 Å². The van der Waals surface area contributed by atoms with E-state index in [4.69, 9.17) is 7.85 Å². The molecule has 0 fully saturated rings. The van der Waals surface area contributed by atoms with Crippen molar-refractivity contribution >= 4 is 35.8 Å². The van der Waals surface area contributed by atoms with Crippen LogP contribution in [0.15, 0.2) is 24.3 Å². The van der Waals surface area contributed by atoms with Crippen molar-refractivity contribution in [2.75, 3.05) is 0 Å². The van der Waals surface area contributed by atoms with E-state index in [1.807, 2.05) is 0 Å². The summed E-state index contributed by atoms with van der Waals surface area (Å²) >= 11 is 0. The van der Waals surface area contributed by atoms with Crippen LogP contribution >= 0.6 is 0 Å². The highest BCUT2D eigenvalue weighted by atomic mass is 19.4. The molecule has 2 radical (unpaired) electrons. The first-order chi connectivity index (χ1) is 10.1. The molecule has 22 heavy (non-hydrogen) atoms. The van der Waals surface area contributed by atoms with Gasteiger partial charge < -0.3 is 0 Å². The lowest BCUT2D eigenvalue weighted by molar-refractivity contribution is -0.0884. The number of hydrogen-bond donors (Lipinski definition) is 0. The van der Waals surface area contributed by atoms with Crippen molar-refractivity contribution < 1.29 is 22.8 Å². The van der Waals surface area contributed by atoms with E-state index in [2.05, 4.69) is 4.98 Å².